The summed E-state index contributed by atoms with van der Waals surface area (Å²) in [5, 5.41) is 30.9. The van der Waals surface area contributed by atoms with Gasteiger partial charge in [-0.3, -0.25) is 4.79 Å². The molecule has 2 aliphatic carbocycles. The van der Waals surface area contributed by atoms with E-state index in [-0.39, 0.29) is 28.7 Å². The number of aliphatic carboxylic acids is 1. The van der Waals surface area contributed by atoms with Gasteiger partial charge in [0.15, 0.2) is 0 Å². The molecule has 0 aliphatic heterocycles. The summed E-state index contributed by atoms with van der Waals surface area (Å²) in [5.41, 5.74) is 0.0885. The van der Waals surface area contributed by atoms with E-state index in [1.165, 1.54) is 77.0 Å². The van der Waals surface area contributed by atoms with Crippen molar-refractivity contribution in [1.82, 2.24) is 0 Å². The molecule has 0 amide bonds. The molecule has 0 radical (unpaired) electrons. The van der Waals surface area contributed by atoms with Gasteiger partial charge >= 0.3 is 5.97 Å². The van der Waals surface area contributed by atoms with Crippen molar-refractivity contribution in [1.29, 1.82) is 0 Å². The predicted octanol–water partition coefficient (Wildman–Crippen LogP) is 10.6. The number of hydrogen-bond donors (Lipinski definition) is 3. The van der Waals surface area contributed by atoms with E-state index >= 15 is 0 Å². The quantitative estimate of drug-likeness (QED) is 0.0539. The molecular formula is C38H65ClO4. The molecule has 0 aromatic rings. The van der Waals surface area contributed by atoms with Crippen molar-refractivity contribution in [2.45, 2.75) is 173 Å². The molecule has 5 heteroatoms. The highest BCUT2D eigenvalue weighted by Crippen LogP contribution is 2.48. The van der Waals surface area contributed by atoms with Crippen LogP contribution in [0.25, 0.3) is 0 Å². The van der Waals surface area contributed by atoms with Crippen LogP contribution in [0.4, 0.5) is 0 Å². The minimum Gasteiger partial charge on any atom is -0.481 e. The van der Waals surface area contributed by atoms with Gasteiger partial charge < -0.3 is 15.3 Å². The van der Waals surface area contributed by atoms with Gasteiger partial charge in [-0.05, 0) is 75.5 Å². The Bertz CT molecular complexity index is 811. The van der Waals surface area contributed by atoms with Crippen molar-refractivity contribution in [2.24, 2.45) is 23.2 Å². The van der Waals surface area contributed by atoms with Crippen LogP contribution < -0.4 is 0 Å². The number of allylic oxidation sites excluding steroid dienone is 3. The molecule has 2 aliphatic rings. The number of aliphatic hydroxyl groups excluding tert-OH is 2. The van der Waals surface area contributed by atoms with E-state index in [9.17, 15) is 20.1 Å². The van der Waals surface area contributed by atoms with E-state index < -0.39 is 18.0 Å². The van der Waals surface area contributed by atoms with Gasteiger partial charge in [0.1, 0.15) is 0 Å². The Labute approximate surface area is 269 Å². The molecule has 0 saturated heterocycles. The third-order valence-corrected chi connectivity index (χ3v) is 11.0. The second-order valence-electron chi connectivity index (χ2n) is 13.6. The summed E-state index contributed by atoms with van der Waals surface area (Å²) in [6.07, 6.45) is 36.2. The lowest BCUT2D eigenvalue weighted by Gasteiger charge is -2.45. The SMILES string of the molecule is CCCCCCCCCCCCCCC=CC(CCC=CC[C@@H]1[C@@H](C=CC[C@H](O)C2(CC)CCC2)[C@H](O)C[C@H]1Cl)C(=O)O. The van der Waals surface area contributed by atoms with Crippen LogP contribution in [0.1, 0.15) is 155 Å². The van der Waals surface area contributed by atoms with Crippen molar-refractivity contribution >= 4 is 17.6 Å². The number of halogens is 1. The molecule has 1 unspecified atom stereocenters. The van der Waals surface area contributed by atoms with Gasteiger partial charge in [-0.15, -0.1) is 11.6 Å². The summed E-state index contributed by atoms with van der Waals surface area (Å²) in [4.78, 5) is 11.8. The molecule has 248 valence electrons. The van der Waals surface area contributed by atoms with Gasteiger partial charge in [-0.25, -0.2) is 0 Å². The fourth-order valence-electron chi connectivity index (χ4n) is 7.15. The molecule has 6 atom stereocenters. The molecule has 0 spiro atoms. The molecule has 2 saturated carbocycles. The smallest absolute Gasteiger partial charge is 0.310 e. The average Bonchev–Trinajstić information content (AvgIpc) is 3.22. The zero-order valence-electron chi connectivity index (χ0n) is 27.6. The van der Waals surface area contributed by atoms with E-state index in [4.69, 9.17) is 11.6 Å². The molecule has 0 aromatic heterocycles. The highest BCUT2D eigenvalue weighted by atomic mass is 35.5. The fourth-order valence-corrected chi connectivity index (χ4v) is 7.60. The van der Waals surface area contributed by atoms with Crippen LogP contribution in [0.2, 0.25) is 0 Å². The van der Waals surface area contributed by atoms with Crippen LogP contribution in [-0.4, -0.2) is 38.9 Å². The Morgan fingerprint density at radius 3 is 2.07 bits per heavy atom. The first-order valence-corrected chi connectivity index (χ1v) is 18.5. The molecule has 4 nitrogen and oxygen atoms in total. The number of carbonyl (C=O) groups is 1. The number of aliphatic hydroxyl groups is 2. The van der Waals surface area contributed by atoms with Crippen LogP contribution in [0.15, 0.2) is 36.5 Å². The monoisotopic (exact) mass is 620 g/mol. The van der Waals surface area contributed by atoms with E-state index in [2.05, 4.69) is 44.2 Å². The summed E-state index contributed by atoms with van der Waals surface area (Å²) in [6, 6.07) is 0. The van der Waals surface area contributed by atoms with Crippen molar-refractivity contribution in [3.63, 3.8) is 0 Å². The third-order valence-electron chi connectivity index (χ3n) is 10.5. The first kappa shape index (κ1) is 38.1. The van der Waals surface area contributed by atoms with E-state index in [1.807, 2.05) is 6.08 Å². The van der Waals surface area contributed by atoms with E-state index in [1.54, 1.807) is 0 Å². The standard InChI is InChI=1S/C38H65ClO4/c1-3-5-6-7-8-9-10-11-12-13-14-15-16-18-23-31(37(42)43)24-19-17-20-25-32-33(35(40)30-34(32)39)26-21-27-36(41)38(4-2)28-22-29-38/h17-18,20-21,23,26,31-36,40-41H,3-16,19,22,24-25,27-30H2,1-2H3,(H,42,43)/t31?,32-,33-,34-,35-,36+/m1/s1. The highest BCUT2D eigenvalue weighted by Gasteiger charge is 2.42. The second-order valence-corrected chi connectivity index (χ2v) is 14.2. The van der Waals surface area contributed by atoms with Crippen LogP contribution in [0, 0.1) is 23.2 Å². The average molecular weight is 621 g/mol. The lowest BCUT2D eigenvalue weighted by atomic mass is 9.63. The summed E-state index contributed by atoms with van der Waals surface area (Å²) in [5.74, 6) is -1.05. The zero-order chi connectivity index (χ0) is 31.3. The van der Waals surface area contributed by atoms with Gasteiger partial charge in [0.25, 0.3) is 0 Å². The Kier molecular flexibility index (Phi) is 19.9. The van der Waals surface area contributed by atoms with Gasteiger partial charge in [0.05, 0.1) is 18.1 Å². The molecule has 43 heavy (non-hydrogen) atoms. The van der Waals surface area contributed by atoms with Gasteiger partial charge in [-0.2, -0.15) is 0 Å². The Morgan fingerprint density at radius 1 is 0.884 bits per heavy atom. The Balaban J connectivity index is 1.61. The van der Waals surface area contributed by atoms with Gasteiger partial charge in [0, 0.05) is 11.3 Å². The molecule has 0 aromatic carbocycles. The maximum absolute atomic E-state index is 11.8. The van der Waals surface area contributed by atoms with Crippen molar-refractivity contribution in [3.05, 3.63) is 36.5 Å². The number of carboxylic acid groups (broad SMARTS) is 1. The maximum atomic E-state index is 11.8. The number of rotatable bonds is 25. The Hall–Kier alpha value is -1.10. The molecule has 3 N–H and O–H groups in total. The molecule has 0 bridgehead atoms. The van der Waals surface area contributed by atoms with Crippen molar-refractivity contribution in [2.75, 3.05) is 0 Å². The summed E-state index contributed by atoms with van der Waals surface area (Å²) in [6.45, 7) is 4.44. The molecule has 2 fully saturated rings. The maximum Gasteiger partial charge on any atom is 0.310 e. The lowest BCUT2D eigenvalue weighted by molar-refractivity contribution is -0.140. The second kappa shape index (κ2) is 22.4. The lowest BCUT2D eigenvalue weighted by Crippen LogP contribution is -2.40. The first-order valence-electron chi connectivity index (χ1n) is 18.1. The number of carboxylic acids is 1. The van der Waals surface area contributed by atoms with Crippen LogP contribution >= 0.6 is 11.6 Å². The van der Waals surface area contributed by atoms with Gasteiger partial charge in [0.2, 0.25) is 0 Å². The molecular weight excluding hydrogens is 556 g/mol. The Morgan fingerprint density at radius 2 is 1.51 bits per heavy atom. The minimum absolute atomic E-state index is 0.00617. The topological polar surface area (TPSA) is 77.8 Å². The van der Waals surface area contributed by atoms with Crippen molar-refractivity contribution in [3.8, 4) is 0 Å². The normalized spacial score (nSPS) is 25.1. The third kappa shape index (κ3) is 14.3. The minimum atomic E-state index is -0.752. The van der Waals surface area contributed by atoms with Crippen molar-refractivity contribution < 1.29 is 20.1 Å². The van der Waals surface area contributed by atoms with Crippen LogP contribution in [-0.2, 0) is 4.79 Å². The summed E-state index contributed by atoms with van der Waals surface area (Å²) in [7, 11) is 0. The van der Waals surface area contributed by atoms with Gasteiger partial charge in [-0.1, -0.05) is 127 Å². The van der Waals surface area contributed by atoms with E-state index in [0.29, 0.717) is 25.7 Å². The zero-order valence-corrected chi connectivity index (χ0v) is 28.4. The summed E-state index contributed by atoms with van der Waals surface area (Å²) >= 11 is 6.63. The fraction of sp³-hybridized carbons (Fsp3) is 0.816. The predicted molar refractivity (Wildman–Crippen MR) is 183 cm³/mol. The van der Waals surface area contributed by atoms with Crippen LogP contribution in [0.3, 0.4) is 0 Å². The first-order chi connectivity index (χ1) is 20.8. The highest BCUT2D eigenvalue weighted by molar-refractivity contribution is 6.21. The van der Waals surface area contributed by atoms with Crippen LogP contribution in [0.5, 0.6) is 0 Å². The van der Waals surface area contributed by atoms with E-state index in [0.717, 1.165) is 38.5 Å². The summed E-state index contributed by atoms with van der Waals surface area (Å²) < 4.78 is 0. The molecule has 2 rings (SSSR count). The molecule has 0 heterocycles. The number of unbranched alkanes of at least 4 members (excludes halogenated alkanes) is 12. The number of alkyl halides is 1. The largest absolute Gasteiger partial charge is 0.481 e. The number of hydrogen-bond acceptors (Lipinski definition) is 3.